The smallest absolute Gasteiger partial charge is 0.326 e. The van der Waals surface area contributed by atoms with Crippen molar-refractivity contribution in [3.63, 3.8) is 0 Å². The Labute approximate surface area is 161 Å². The third-order valence-electron chi connectivity index (χ3n) is 3.60. The van der Waals surface area contributed by atoms with Crippen molar-refractivity contribution in [3.05, 3.63) is 0 Å². The van der Waals surface area contributed by atoms with Gasteiger partial charge in [0.2, 0.25) is 17.7 Å². The number of hydrogen-bond donors (Lipinski definition) is 7. The number of aliphatic hydroxyl groups excluding tert-OH is 1. The van der Waals surface area contributed by atoms with Gasteiger partial charge in [-0.3, -0.25) is 19.2 Å². The van der Waals surface area contributed by atoms with E-state index in [1.807, 2.05) is 5.32 Å². The predicted molar refractivity (Wildman–Crippen MR) is 95.9 cm³/mol. The van der Waals surface area contributed by atoms with Gasteiger partial charge in [-0.15, -0.1) is 0 Å². The zero-order chi connectivity index (χ0) is 22.0. The van der Waals surface area contributed by atoms with Crippen molar-refractivity contribution in [2.45, 2.75) is 57.8 Å². The van der Waals surface area contributed by atoms with Crippen LogP contribution in [0.25, 0.3) is 0 Å². The number of hydrogen-bond acceptors (Lipinski definition) is 7. The molecule has 0 saturated heterocycles. The summed E-state index contributed by atoms with van der Waals surface area (Å²) in [6.07, 6.45) is -1.73. The Kier molecular flexibility index (Phi) is 10.7. The number of rotatable bonds is 12. The van der Waals surface area contributed by atoms with Crippen LogP contribution in [-0.4, -0.2) is 75.8 Å². The number of amides is 3. The van der Waals surface area contributed by atoms with Crippen molar-refractivity contribution < 1.29 is 39.3 Å². The number of aliphatic hydroxyl groups is 1. The average molecular weight is 404 g/mol. The molecule has 8 N–H and O–H groups in total. The molecule has 0 aliphatic rings. The largest absolute Gasteiger partial charge is 0.481 e. The number of nitrogens with one attached hydrogen (secondary N) is 3. The van der Waals surface area contributed by atoms with E-state index in [4.69, 9.17) is 15.9 Å². The lowest BCUT2D eigenvalue weighted by atomic mass is 10.0. The summed E-state index contributed by atoms with van der Waals surface area (Å²) in [6.45, 7) is 4.31. The zero-order valence-electron chi connectivity index (χ0n) is 16.0. The molecule has 0 saturated carbocycles. The molecule has 0 heterocycles. The lowest BCUT2D eigenvalue weighted by Gasteiger charge is -2.23. The van der Waals surface area contributed by atoms with Gasteiger partial charge in [0.15, 0.2) is 0 Å². The van der Waals surface area contributed by atoms with Gasteiger partial charge in [-0.1, -0.05) is 13.8 Å². The molecule has 0 aliphatic carbocycles. The Balaban J connectivity index is 4.85. The standard InChI is InChI=1S/C16H28N4O8/c1-7(2)4-9(20-15(26)13(17)8(3)21)14(25)18-6-11(22)19-10(16(27)28)5-12(23)24/h7-10,13,21H,4-6,17H2,1-3H3,(H,18,25)(H,19,22)(H,20,26)(H,23,24)(H,27,28). The topological polar surface area (TPSA) is 208 Å². The third-order valence-corrected chi connectivity index (χ3v) is 3.60. The molecule has 4 unspecified atom stereocenters. The molecular formula is C16H28N4O8. The SMILES string of the molecule is CC(C)CC(NC(=O)C(N)C(C)O)C(=O)NCC(=O)NC(CC(=O)O)C(=O)O. The van der Waals surface area contributed by atoms with Crippen molar-refractivity contribution in [3.8, 4) is 0 Å². The van der Waals surface area contributed by atoms with Crippen LogP contribution in [0.5, 0.6) is 0 Å². The molecule has 160 valence electrons. The van der Waals surface area contributed by atoms with Crippen LogP contribution in [0.4, 0.5) is 0 Å². The first-order valence-corrected chi connectivity index (χ1v) is 8.60. The van der Waals surface area contributed by atoms with Crippen LogP contribution in [0.15, 0.2) is 0 Å². The third kappa shape index (κ3) is 9.83. The summed E-state index contributed by atoms with van der Waals surface area (Å²) in [5.41, 5.74) is 5.52. The number of carbonyl (C=O) groups is 5. The van der Waals surface area contributed by atoms with Gasteiger partial charge in [0, 0.05) is 0 Å². The molecule has 0 rings (SSSR count). The Morgan fingerprint density at radius 3 is 1.93 bits per heavy atom. The van der Waals surface area contributed by atoms with E-state index < -0.39 is 66.9 Å². The lowest BCUT2D eigenvalue weighted by molar-refractivity contribution is -0.147. The lowest BCUT2D eigenvalue weighted by Crippen LogP contribution is -2.55. The molecule has 12 heteroatoms. The van der Waals surface area contributed by atoms with Crippen molar-refractivity contribution in [2.75, 3.05) is 6.54 Å². The van der Waals surface area contributed by atoms with Gasteiger partial charge in [-0.2, -0.15) is 0 Å². The minimum Gasteiger partial charge on any atom is -0.481 e. The van der Waals surface area contributed by atoms with Crippen LogP contribution in [0.3, 0.4) is 0 Å². The van der Waals surface area contributed by atoms with E-state index in [2.05, 4.69) is 10.6 Å². The highest BCUT2D eigenvalue weighted by atomic mass is 16.4. The molecule has 4 atom stereocenters. The average Bonchev–Trinajstić information content (AvgIpc) is 2.56. The van der Waals surface area contributed by atoms with Crippen LogP contribution in [-0.2, 0) is 24.0 Å². The molecule has 3 amide bonds. The Morgan fingerprint density at radius 1 is 0.929 bits per heavy atom. The van der Waals surface area contributed by atoms with Crippen LogP contribution in [0.2, 0.25) is 0 Å². The number of carboxylic acids is 2. The van der Waals surface area contributed by atoms with Gasteiger partial charge in [-0.25, -0.2) is 4.79 Å². The Morgan fingerprint density at radius 2 is 1.50 bits per heavy atom. The molecule has 0 fully saturated rings. The van der Waals surface area contributed by atoms with Crippen molar-refractivity contribution in [1.29, 1.82) is 0 Å². The first-order valence-electron chi connectivity index (χ1n) is 8.60. The molecule has 0 aliphatic heterocycles. The summed E-state index contributed by atoms with van der Waals surface area (Å²) < 4.78 is 0. The summed E-state index contributed by atoms with van der Waals surface area (Å²) in [7, 11) is 0. The van der Waals surface area contributed by atoms with Gasteiger partial charge in [0.1, 0.15) is 18.1 Å². The number of nitrogens with two attached hydrogens (primary N) is 1. The fraction of sp³-hybridized carbons (Fsp3) is 0.688. The minimum atomic E-state index is -1.64. The van der Waals surface area contributed by atoms with Crippen molar-refractivity contribution in [2.24, 2.45) is 11.7 Å². The van der Waals surface area contributed by atoms with Gasteiger partial charge in [-0.05, 0) is 19.3 Å². The molecule has 0 aromatic heterocycles. The molecule has 0 radical (unpaired) electrons. The quantitative estimate of drug-likeness (QED) is 0.181. The number of carbonyl (C=O) groups excluding carboxylic acids is 3. The highest BCUT2D eigenvalue weighted by molar-refractivity contribution is 5.93. The molecule has 0 spiro atoms. The van der Waals surface area contributed by atoms with Crippen LogP contribution in [0, 0.1) is 5.92 Å². The van der Waals surface area contributed by atoms with Crippen LogP contribution < -0.4 is 21.7 Å². The Hall–Kier alpha value is -2.73. The molecule has 12 nitrogen and oxygen atoms in total. The second kappa shape index (κ2) is 11.9. The predicted octanol–water partition coefficient (Wildman–Crippen LogP) is -2.61. The monoisotopic (exact) mass is 404 g/mol. The van der Waals surface area contributed by atoms with E-state index >= 15 is 0 Å². The first kappa shape index (κ1) is 25.3. The first-order chi connectivity index (χ1) is 12.8. The summed E-state index contributed by atoms with van der Waals surface area (Å²) in [5.74, 6) is -5.30. The minimum absolute atomic E-state index is 0.000363. The van der Waals surface area contributed by atoms with Gasteiger partial charge < -0.3 is 37.0 Å². The fourth-order valence-electron chi connectivity index (χ4n) is 2.10. The maximum atomic E-state index is 12.3. The summed E-state index contributed by atoms with van der Waals surface area (Å²) in [6, 6.07) is -3.91. The summed E-state index contributed by atoms with van der Waals surface area (Å²) in [4.78, 5) is 57.6. The summed E-state index contributed by atoms with van der Waals surface area (Å²) >= 11 is 0. The van der Waals surface area contributed by atoms with Crippen LogP contribution >= 0.6 is 0 Å². The molecule has 0 aromatic carbocycles. The van der Waals surface area contributed by atoms with E-state index in [0.29, 0.717) is 0 Å². The normalized spacial score (nSPS) is 15.1. The maximum Gasteiger partial charge on any atom is 0.326 e. The molecular weight excluding hydrogens is 376 g/mol. The molecule has 28 heavy (non-hydrogen) atoms. The fourth-order valence-corrected chi connectivity index (χ4v) is 2.10. The summed E-state index contributed by atoms with van der Waals surface area (Å²) in [5, 5.41) is 33.5. The van der Waals surface area contributed by atoms with E-state index in [1.165, 1.54) is 6.92 Å². The van der Waals surface area contributed by atoms with Crippen molar-refractivity contribution in [1.82, 2.24) is 16.0 Å². The maximum absolute atomic E-state index is 12.3. The van der Waals surface area contributed by atoms with E-state index in [0.717, 1.165) is 0 Å². The van der Waals surface area contributed by atoms with Gasteiger partial charge in [0.05, 0.1) is 19.1 Å². The van der Waals surface area contributed by atoms with Crippen LogP contribution in [0.1, 0.15) is 33.6 Å². The second-order valence-electron chi connectivity index (χ2n) is 6.73. The zero-order valence-corrected chi connectivity index (χ0v) is 16.0. The van der Waals surface area contributed by atoms with E-state index in [-0.39, 0.29) is 12.3 Å². The number of aliphatic carboxylic acids is 2. The van der Waals surface area contributed by atoms with Crippen molar-refractivity contribution >= 4 is 29.7 Å². The van der Waals surface area contributed by atoms with E-state index in [1.54, 1.807) is 13.8 Å². The van der Waals surface area contributed by atoms with Gasteiger partial charge in [0.25, 0.3) is 0 Å². The molecule has 0 bridgehead atoms. The van der Waals surface area contributed by atoms with Gasteiger partial charge >= 0.3 is 11.9 Å². The molecule has 0 aromatic rings. The second-order valence-corrected chi connectivity index (χ2v) is 6.73. The highest BCUT2D eigenvalue weighted by Gasteiger charge is 2.27. The highest BCUT2D eigenvalue weighted by Crippen LogP contribution is 2.06. The Bertz CT molecular complexity index is 593. The number of carboxylic acid groups (broad SMARTS) is 2. The van der Waals surface area contributed by atoms with E-state index in [9.17, 15) is 29.1 Å².